The fourth-order valence-corrected chi connectivity index (χ4v) is 2.00. The monoisotopic (exact) mass is 304 g/mol. The average Bonchev–Trinajstić information content (AvgIpc) is 2.72. The number of sulfonamides is 1. The molecule has 0 aliphatic heterocycles. The highest BCUT2D eigenvalue weighted by molar-refractivity contribution is 7.89. The topological polar surface area (TPSA) is 137 Å². The molecule has 9 nitrogen and oxygen atoms in total. The van der Waals surface area contributed by atoms with Crippen LogP contribution in [0.1, 0.15) is 23.8 Å². The molecule has 0 spiro atoms. The highest BCUT2D eigenvalue weighted by atomic mass is 32.2. The Labute approximate surface area is 116 Å². The molecule has 0 saturated carbocycles. The largest absolute Gasteiger partial charge is 0.350 e. The summed E-state index contributed by atoms with van der Waals surface area (Å²) < 4.78 is 23.0. The van der Waals surface area contributed by atoms with Crippen molar-refractivity contribution in [2.75, 3.05) is 12.3 Å². The number of aromatic nitrogens is 1. The Kier molecular flexibility index (Phi) is 5.22. The van der Waals surface area contributed by atoms with Crippen LogP contribution in [0.4, 0.5) is 5.69 Å². The van der Waals surface area contributed by atoms with Gasteiger partial charge in [0.05, 0.1) is 16.9 Å². The highest BCUT2D eigenvalue weighted by Crippen LogP contribution is 2.16. The summed E-state index contributed by atoms with van der Waals surface area (Å²) in [7, 11) is -3.66. The van der Waals surface area contributed by atoms with Crippen LogP contribution in [0.3, 0.4) is 0 Å². The van der Waals surface area contributed by atoms with Crippen molar-refractivity contribution >= 4 is 21.6 Å². The Hall–Kier alpha value is -1.94. The number of aryl methyl sites for hydroxylation is 1. The number of hydrogen-bond acceptors (Lipinski definition) is 5. The quantitative estimate of drug-likeness (QED) is 0.532. The van der Waals surface area contributed by atoms with Crippen molar-refractivity contribution in [2.45, 2.75) is 19.9 Å². The molecule has 0 aliphatic carbocycles. The van der Waals surface area contributed by atoms with Gasteiger partial charge in [-0.2, -0.15) is 0 Å². The van der Waals surface area contributed by atoms with Crippen molar-refractivity contribution in [3.8, 4) is 0 Å². The van der Waals surface area contributed by atoms with E-state index < -0.39 is 26.6 Å². The van der Waals surface area contributed by atoms with Crippen LogP contribution >= 0.6 is 0 Å². The van der Waals surface area contributed by atoms with E-state index in [1.807, 2.05) is 6.92 Å². The van der Waals surface area contributed by atoms with Gasteiger partial charge in [0.15, 0.2) is 0 Å². The van der Waals surface area contributed by atoms with Crippen LogP contribution in [0, 0.1) is 10.1 Å². The van der Waals surface area contributed by atoms with E-state index in [-0.39, 0.29) is 17.9 Å². The second-order valence-electron chi connectivity index (χ2n) is 4.16. The second-order valence-corrected chi connectivity index (χ2v) is 5.89. The maximum atomic E-state index is 11.9. The van der Waals surface area contributed by atoms with E-state index in [4.69, 9.17) is 5.14 Å². The van der Waals surface area contributed by atoms with Gasteiger partial charge in [0.2, 0.25) is 10.0 Å². The SMILES string of the molecule is CCCn1cc([N+](=O)[O-])cc1C(=O)NCCS(N)(=O)=O. The summed E-state index contributed by atoms with van der Waals surface area (Å²) in [5.74, 6) is -0.967. The molecule has 0 saturated heterocycles. The van der Waals surface area contributed by atoms with Crippen LogP contribution in [0.2, 0.25) is 0 Å². The first-order valence-electron chi connectivity index (χ1n) is 5.88. The minimum atomic E-state index is -3.66. The lowest BCUT2D eigenvalue weighted by atomic mass is 10.3. The summed E-state index contributed by atoms with van der Waals surface area (Å²) in [6, 6.07) is 1.15. The number of carbonyl (C=O) groups excluding carboxylic acids is 1. The van der Waals surface area contributed by atoms with Gasteiger partial charge in [-0.05, 0) is 6.42 Å². The molecule has 112 valence electrons. The third kappa shape index (κ3) is 4.63. The lowest BCUT2D eigenvalue weighted by Gasteiger charge is -2.07. The van der Waals surface area contributed by atoms with Gasteiger partial charge in [-0.15, -0.1) is 0 Å². The standard InChI is InChI=1S/C10H16N4O5S/c1-2-4-13-7-8(14(16)17)6-9(13)10(15)12-3-5-20(11,18)19/h6-7H,2-5H2,1H3,(H,12,15)(H2,11,18,19). The molecule has 0 aromatic carbocycles. The van der Waals surface area contributed by atoms with Crippen LogP contribution in [0.5, 0.6) is 0 Å². The molecular weight excluding hydrogens is 288 g/mol. The highest BCUT2D eigenvalue weighted by Gasteiger charge is 2.19. The van der Waals surface area contributed by atoms with E-state index in [2.05, 4.69) is 5.32 Å². The third-order valence-corrected chi connectivity index (χ3v) is 3.24. The zero-order valence-electron chi connectivity index (χ0n) is 10.9. The van der Waals surface area contributed by atoms with Gasteiger partial charge in [0.25, 0.3) is 11.6 Å². The van der Waals surface area contributed by atoms with Crippen LogP contribution in [-0.4, -0.2) is 36.1 Å². The van der Waals surface area contributed by atoms with Crippen molar-refractivity contribution in [3.05, 3.63) is 28.1 Å². The minimum absolute atomic E-state index is 0.118. The molecule has 1 rings (SSSR count). The van der Waals surface area contributed by atoms with E-state index in [9.17, 15) is 23.3 Å². The molecule has 0 radical (unpaired) electrons. The lowest BCUT2D eigenvalue weighted by molar-refractivity contribution is -0.384. The zero-order chi connectivity index (χ0) is 15.3. The van der Waals surface area contributed by atoms with Gasteiger partial charge in [-0.3, -0.25) is 14.9 Å². The normalized spacial score (nSPS) is 11.3. The number of nitro groups is 1. The smallest absolute Gasteiger partial charge is 0.287 e. The molecule has 1 heterocycles. The van der Waals surface area contributed by atoms with Crippen molar-refractivity contribution in [1.82, 2.24) is 9.88 Å². The Morgan fingerprint density at radius 3 is 2.70 bits per heavy atom. The van der Waals surface area contributed by atoms with Crippen LogP contribution < -0.4 is 10.5 Å². The average molecular weight is 304 g/mol. The second kappa shape index (κ2) is 6.48. The summed E-state index contributed by atoms with van der Waals surface area (Å²) in [5, 5.41) is 17.9. The fourth-order valence-electron chi connectivity index (χ4n) is 1.61. The predicted molar refractivity (Wildman–Crippen MR) is 71.7 cm³/mol. The van der Waals surface area contributed by atoms with Crippen LogP contribution in [0.25, 0.3) is 0 Å². The van der Waals surface area contributed by atoms with Gasteiger partial charge in [0, 0.05) is 19.2 Å². The zero-order valence-corrected chi connectivity index (χ0v) is 11.7. The van der Waals surface area contributed by atoms with Crippen molar-refractivity contribution in [3.63, 3.8) is 0 Å². The molecule has 0 fully saturated rings. The molecule has 0 aliphatic rings. The van der Waals surface area contributed by atoms with E-state index in [1.165, 1.54) is 10.8 Å². The number of carbonyl (C=O) groups is 1. The molecule has 3 N–H and O–H groups in total. The predicted octanol–water partition coefficient (Wildman–Crippen LogP) is -0.175. The Bertz CT molecular complexity index is 607. The molecule has 1 aromatic heterocycles. The summed E-state index contributed by atoms with van der Waals surface area (Å²) in [6.45, 7) is 2.17. The number of nitrogens with zero attached hydrogens (tertiary/aromatic N) is 2. The van der Waals surface area contributed by atoms with Crippen molar-refractivity contribution in [1.29, 1.82) is 0 Å². The van der Waals surface area contributed by atoms with Gasteiger partial charge in [-0.1, -0.05) is 6.92 Å². The van der Waals surface area contributed by atoms with Crippen molar-refractivity contribution < 1.29 is 18.1 Å². The van der Waals surface area contributed by atoms with E-state index in [1.54, 1.807) is 0 Å². The summed E-state index contributed by atoms with van der Waals surface area (Å²) >= 11 is 0. The van der Waals surface area contributed by atoms with Gasteiger partial charge >= 0.3 is 0 Å². The van der Waals surface area contributed by atoms with Crippen LogP contribution in [0.15, 0.2) is 12.3 Å². The number of amides is 1. The summed E-state index contributed by atoms with van der Waals surface area (Å²) in [5.41, 5.74) is -0.0667. The first kappa shape index (κ1) is 16.1. The number of primary sulfonamides is 1. The fraction of sp³-hybridized carbons (Fsp3) is 0.500. The Balaban J connectivity index is 2.82. The molecule has 20 heavy (non-hydrogen) atoms. The number of hydrogen-bond donors (Lipinski definition) is 2. The lowest BCUT2D eigenvalue weighted by Crippen LogP contribution is -2.32. The number of rotatable bonds is 7. The molecule has 10 heteroatoms. The van der Waals surface area contributed by atoms with Gasteiger partial charge < -0.3 is 9.88 Å². The molecule has 1 amide bonds. The van der Waals surface area contributed by atoms with Crippen molar-refractivity contribution in [2.24, 2.45) is 5.14 Å². The first-order valence-corrected chi connectivity index (χ1v) is 7.59. The minimum Gasteiger partial charge on any atom is -0.350 e. The molecule has 0 unspecified atom stereocenters. The molecule has 0 atom stereocenters. The Morgan fingerprint density at radius 2 is 2.20 bits per heavy atom. The summed E-state index contributed by atoms with van der Waals surface area (Å²) in [4.78, 5) is 22.0. The Morgan fingerprint density at radius 1 is 1.55 bits per heavy atom. The third-order valence-electron chi connectivity index (χ3n) is 2.46. The van der Waals surface area contributed by atoms with Crippen LogP contribution in [-0.2, 0) is 16.6 Å². The van der Waals surface area contributed by atoms with E-state index >= 15 is 0 Å². The first-order chi connectivity index (χ1) is 9.24. The molecule has 1 aromatic rings. The number of nitrogens with two attached hydrogens (primary N) is 1. The summed E-state index contributed by atoms with van der Waals surface area (Å²) in [6.07, 6.45) is 1.97. The molecule has 0 bridgehead atoms. The molecular formula is C10H16N4O5S. The van der Waals surface area contributed by atoms with Gasteiger partial charge in [0.1, 0.15) is 5.69 Å². The van der Waals surface area contributed by atoms with Gasteiger partial charge in [-0.25, -0.2) is 13.6 Å². The van der Waals surface area contributed by atoms with E-state index in [0.29, 0.717) is 13.0 Å². The van der Waals surface area contributed by atoms with E-state index in [0.717, 1.165) is 6.07 Å². The number of nitrogens with one attached hydrogen (secondary N) is 1. The maximum Gasteiger partial charge on any atom is 0.287 e. The maximum absolute atomic E-state index is 11.9.